The molecule has 0 saturated carbocycles. The predicted octanol–water partition coefficient (Wildman–Crippen LogP) is 2.96. The largest absolute Gasteiger partial charge is 0.356 e. The highest BCUT2D eigenvalue weighted by Crippen LogP contribution is 2.27. The quantitative estimate of drug-likeness (QED) is 0.644. The van der Waals surface area contributed by atoms with E-state index in [-0.39, 0.29) is 5.91 Å². The van der Waals surface area contributed by atoms with Gasteiger partial charge in [-0.05, 0) is 49.6 Å². The lowest BCUT2D eigenvalue weighted by Gasteiger charge is -2.22. The molecule has 3 rings (SSSR count). The van der Waals surface area contributed by atoms with Crippen molar-refractivity contribution in [1.29, 1.82) is 0 Å². The van der Waals surface area contributed by atoms with Gasteiger partial charge >= 0.3 is 0 Å². The van der Waals surface area contributed by atoms with E-state index in [1.807, 2.05) is 31.2 Å². The van der Waals surface area contributed by atoms with Crippen LogP contribution >= 0.6 is 0 Å². The second-order valence-corrected chi connectivity index (χ2v) is 6.26. The van der Waals surface area contributed by atoms with Crippen molar-refractivity contribution in [3.05, 3.63) is 65.2 Å². The van der Waals surface area contributed by atoms with Crippen LogP contribution in [0.15, 0.2) is 53.5 Å². The monoisotopic (exact) mass is 350 g/mol. The van der Waals surface area contributed by atoms with Gasteiger partial charge in [0.15, 0.2) is 5.96 Å². The number of carbonyl (C=O) groups is 1. The standard InChI is InChI=1S/C21H26N4O/c1-3-22-20(26)18-10-7-8-16(14-18)15-24-21(23-4-2)25-13-12-17-9-5-6-11-19(17)25/h5-11,14H,3-4,12-13,15H2,1-2H3,(H,22,26)(H,23,24). The number of amides is 1. The first-order chi connectivity index (χ1) is 12.7. The zero-order valence-corrected chi connectivity index (χ0v) is 15.5. The average Bonchev–Trinajstić information content (AvgIpc) is 3.09. The lowest BCUT2D eigenvalue weighted by atomic mass is 10.1. The predicted molar refractivity (Wildman–Crippen MR) is 107 cm³/mol. The molecule has 1 aliphatic heterocycles. The summed E-state index contributed by atoms with van der Waals surface area (Å²) in [5.74, 6) is 0.847. The third-order valence-electron chi connectivity index (χ3n) is 4.42. The molecule has 2 aromatic rings. The maximum Gasteiger partial charge on any atom is 0.251 e. The summed E-state index contributed by atoms with van der Waals surface area (Å²) in [6, 6.07) is 16.1. The van der Waals surface area contributed by atoms with Gasteiger partial charge in [-0.3, -0.25) is 4.79 Å². The first kappa shape index (κ1) is 18.0. The molecule has 26 heavy (non-hydrogen) atoms. The minimum Gasteiger partial charge on any atom is -0.356 e. The molecule has 0 radical (unpaired) electrons. The van der Waals surface area contributed by atoms with Crippen molar-refractivity contribution in [3.8, 4) is 0 Å². The molecule has 136 valence electrons. The number of benzene rings is 2. The van der Waals surface area contributed by atoms with Gasteiger partial charge < -0.3 is 15.5 Å². The Morgan fingerprint density at radius 3 is 2.69 bits per heavy atom. The molecular weight excluding hydrogens is 324 g/mol. The van der Waals surface area contributed by atoms with Gasteiger partial charge in [0.1, 0.15) is 0 Å². The summed E-state index contributed by atoms with van der Waals surface area (Å²) in [5, 5.41) is 6.22. The van der Waals surface area contributed by atoms with Crippen LogP contribution in [0.4, 0.5) is 5.69 Å². The van der Waals surface area contributed by atoms with E-state index in [1.54, 1.807) is 0 Å². The highest BCUT2D eigenvalue weighted by atomic mass is 16.1. The zero-order chi connectivity index (χ0) is 18.4. The summed E-state index contributed by atoms with van der Waals surface area (Å²) in [7, 11) is 0. The number of para-hydroxylation sites is 1. The molecule has 0 aliphatic carbocycles. The van der Waals surface area contributed by atoms with Crippen LogP contribution in [0, 0.1) is 0 Å². The van der Waals surface area contributed by atoms with Crippen LogP contribution in [0.1, 0.15) is 35.3 Å². The Hall–Kier alpha value is -2.82. The second kappa shape index (κ2) is 8.52. The van der Waals surface area contributed by atoms with Crippen LogP contribution in [0.5, 0.6) is 0 Å². The van der Waals surface area contributed by atoms with Gasteiger partial charge in [0.05, 0.1) is 6.54 Å². The van der Waals surface area contributed by atoms with Gasteiger partial charge in [-0.15, -0.1) is 0 Å². The molecule has 0 fully saturated rings. The minimum atomic E-state index is -0.0429. The van der Waals surface area contributed by atoms with E-state index in [0.29, 0.717) is 18.7 Å². The number of guanidine groups is 1. The second-order valence-electron chi connectivity index (χ2n) is 6.26. The fraction of sp³-hybridized carbons (Fsp3) is 0.333. The number of hydrogen-bond acceptors (Lipinski definition) is 2. The van der Waals surface area contributed by atoms with Crippen LogP contribution in [0.2, 0.25) is 0 Å². The van der Waals surface area contributed by atoms with Crippen molar-refractivity contribution in [3.63, 3.8) is 0 Å². The number of nitrogens with one attached hydrogen (secondary N) is 2. The van der Waals surface area contributed by atoms with E-state index in [1.165, 1.54) is 11.3 Å². The van der Waals surface area contributed by atoms with Crippen LogP contribution in [0.3, 0.4) is 0 Å². The summed E-state index contributed by atoms with van der Waals surface area (Å²) >= 11 is 0. The van der Waals surface area contributed by atoms with E-state index in [0.717, 1.165) is 31.0 Å². The Morgan fingerprint density at radius 1 is 1.08 bits per heavy atom. The van der Waals surface area contributed by atoms with Crippen LogP contribution in [-0.2, 0) is 13.0 Å². The van der Waals surface area contributed by atoms with Gasteiger partial charge in [0.2, 0.25) is 0 Å². The molecule has 1 amide bonds. The molecule has 0 saturated heterocycles. The average molecular weight is 350 g/mol. The number of aliphatic imine (C=N–C) groups is 1. The van der Waals surface area contributed by atoms with E-state index in [4.69, 9.17) is 4.99 Å². The number of carbonyl (C=O) groups excluding carboxylic acids is 1. The lowest BCUT2D eigenvalue weighted by Crippen LogP contribution is -2.40. The maximum atomic E-state index is 12.0. The van der Waals surface area contributed by atoms with Crippen molar-refractivity contribution in [2.75, 3.05) is 24.5 Å². The van der Waals surface area contributed by atoms with Crippen molar-refractivity contribution < 1.29 is 4.79 Å². The molecule has 0 bridgehead atoms. The first-order valence-corrected chi connectivity index (χ1v) is 9.23. The number of nitrogens with zero attached hydrogens (tertiary/aromatic N) is 2. The van der Waals surface area contributed by atoms with Crippen molar-refractivity contribution >= 4 is 17.6 Å². The fourth-order valence-electron chi connectivity index (χ4n) is 3.19. The summed E-state index contributed by atoms with van der Waals surface area (Å²) in [4.78, 5) is 19.1. The summed E-state index contributed by atoms with van der Waals surface area (Å²) in [6.07, 6.45) is 1.03. The van der Waals surface area contributed by atoms with Gasteiger partial charge in [0.25, 0.3) is 5.91 Å². The Labute approximate surface area is 155 Å². The molecule has 1 aliphatic rings. The van der Waals surface area contributed by atoms with Crippen molar-refractivity contribution in [2.45, 2.75) is 26.8 Å². The highest BCUT2D eigenvalue weighted by Gasteiger charge is 2.22. The Bertz CT molecular complexity index is 800. The summed E-state index contributed by atoms with van der Waals surface area (Å²) in [6.45, 7) is 6.91. The van der Waals surface area contributed by atoms with E-state index < -0.39 is 0 Å². The van der Waals surface area contributed by atoms with Crippen molar-refractivity contribution in [2.24, 2.45) is 4.99 Å². The Morgan fingerprint density at radius 2 is 1.88 bits per heavy atom. The molecule has 0 unspecified atom stereocenters. The normalized spacial score (nSPS) is 13.5. The number of rotatable bonds is 5. The van der Waals surface area contributed by atoms with Gasteiger partial charge in [-0.1, -0.05) is 30.3 Å². The molecule has 0 atom stereocenters. The van der Waals surface area contributed by atoms with Crippen LogP contribution in [0.25, 0.3) is 0 Å². The third-order valence-corrected chi connectivity index (χ3v) is 4.42. The van der Waals surface area contributed by atoms with Crippen LogP contribution in [-0.4, -0.2) is 31.5 Å². The smallest absolute Gasteiger partial charge is 0.251 e. The third kappa shape index (κ3) is 4.04. The lowest BCUT2D eigenvalue weighted by molar-refractivity contribution is 0.0955. The van der Waals surface area contributed by atoms with E-state index in [9.17, 15) is 4.79 Å². The number of anilines is 1. The molecular formula is C21H26N4O. The van der Waals surface area contributed by atoms with Crippen LogP contribution < -0.4 is 15.5 Å². The molecule has 2 aromatic carbocycles. The SMILES string of the molecule is CCNC(=O)c1cccc(CN=C(NCC)N2CCc3ccccc32)c1. The van der Waals surface area contributed by atoms with E-state index in [2.05, 4.69) is 46.7 Å². The highest BCUT2D eigenvalue weighted by molar-refractivity contribution is 5.98. The fourth-order valence-corrected chi connectivity index (χ4v) is 3.19. The van der Waals surface area contributed by atoms with Gasteiger partial charge in [-0.25, -0.2) is 4.99 Å². The molecule has 0 aromatic heterocycles. The Kier molecular flexibility index (Phi) is 5.89. The summed E-state index contributed by atoms with van der Waals surface area (Å²) in [5.41, 5.74) is 4.28. The van der Waals surface area contributed by atoms with Gasteiger partial charge in [0, 0.05) is 30.9 Å². The first-order valence-electron chi connectivity index (χ1n) is 9.23. The van der Waals surface area contributed by atoms with Crippen molar-refractivity contribution in [1.82, 2.24) is 10.6 Å². The van der Waals surface area contributed by atoms with E-state index >= 15 is 0 Å². The Balaban J connectivity index is 1.79. The molecule has 5 nitrogen and oxygen atoms in total. The minimum absolute atomic E-state index is 0.0429. The molecule has 0 spiro atoms. The number of fused-ring (bicyclic) bond motifs is 1. The number of hydrogen-bond donors (Lipinski definition) is 2. The topological polar surface area (TPSA) is 56.7 Å². The maximum absolute atomic E-state index is 12.0. The summed E-state index contributed by atoms with van der Waals surface area (Å²) < 4.78 is 0. The van der Waals surface area contributed by atoms with Gasteiger partial charge in [-0.2, -0.15) is 0 Å². The zero-order valence-electron chi connectivity index (χ0n) is 15.5. The molecule has 2 N–H and O–H groups in total. The molecule has 5 heteroatoms. The molecule has 1 heterocycles.